The summed E-state index contributed by atoms with van der Waals surface area (Å²) in [5.74, 6) is 0.593. The van der Waals surface area contributed by atoms with Crippen LogP contribution in [0.25, 0.3) is 0 Å². The second-order valence-corrected chi connectivity index (χ2v) is 5.70. The molecule has 1 aliphatic rings. The summed E-state index contributed by atoms with van der Waals surface area (Å²) in [7, 11) is 0. The van der Waals surface area contributed by atoms with Gasteiger partial charge in [-0.3, -0.25) is 9.59 Å². The van der Waals surface area contributed by atoms with Gasteiger partial charge in [-0.15, -0.1) is 0 Å². The molecule has 0 radical (unpaired) electrons. The maximum atomic E-state index is 12.4. The van der Waals surface area contributed by atoms with Crippen molar-refractivity contribution >= 4 is 11.7 Å². The number of rotatable bonds is 5. The van der Waals surface area contributed by atoms with Gasteiger partial charge in [-0.2, -0.15) is 0 Å². The van der Waals surface area contributed by atoms with Crippen molar-refractivity contribution < 1.29 is 9.59 Å². The lowest BCUT2D eigenvalue weighted by molar-refractivity contribution is -0.127. The molecular weight excluding hydrogens is 252 g/mol. The molecular formula is C16H24N2O2. The Labute approximate surface area is 120 Å². The van der Waals surface area contributed by atoms with Crippen LogP contribution in [-0.2, 0) is 11.3 Å². The average molecular weight is 276 g/mol. The van der Waals surface area contributed by atoms with Crippen LogP contribution in [0.2, 0.25) is 0 Å². The van der Waals surface area contributed by atoms with Gasteiger partial charge in [-0.25, -0.2) is 0 Å². The third-order valence-electron chi connectivity index (χ3n) is 4.40. The van der Waals surface area contributed by atoms with Gasteiger partial charge in [0.25, 0.3) is 0 Å². The van der Waals surface area contributed by atoms with E-state index in [1.54, 1.807) is 4.90 Å². The lowest BCUT2D eigenvalue weighted by atomic mass is 10.1. The monoisotopic (exact) mass is 276 g/mol. The van der Waals surface area contributed by atoms with Crippen LogP contribution >= 0.6 is 0 Å². The molecule has 1 aliphatic heterocycles. The van der Waals surface area contributed by atoms with Gasteiger partial charge in [0.1, 0.15) is 0 Å². The van der Waals surface area contributed by atoms with Crippen LogP contribution in [0.4, 0.5) is 0 Å². The summed E-state index contributed by atoms with van der Waals surface area (Å²) in [6.07, 6.45) is 1.60. The van der Waals surface area contributed by atoms with Crippen molar-refractivity contribution in [2.24, 2.45) is 5.92 Å². The minimum atomic E-state index is 0.0582. The fourth-order valence-electron chi connectivity index (χ4n) is 3.11. The van der Waals surface area contributed by atoms with Gasteiger partial charge < -0.3 is 9.47 Å². The quantitative estimate of drug-likeness (QED) is 0.776. The van der Waals surface area contributed by atoms with E-state index < -0.39 is 0 Å². The molecule has 1 aromatic heterocycles. The second-order valence-electron chi connectivity index (χ2n) is 5.70. The van der Waals surface area contributed by atoms with Gasteiger partial charge in [0.05, 0.1) is 6.54 Å². The first-order valence-corrected chi connectivity index (χ1v) is 7.45. The van der Waals surface area contributed by atoms with Gasteiger partial charge in [0, 0.05) is 36.5 Å². The molecule has 1 atom stereocenters. The molecule has 4 heteroatoms. The molecule has 1 saturated heterocycles. The highest BCUT2D eigenvalue weighted by molar-refractivity contribution is 6.00. The van der Waals surface area contributed by atoms with E-state index >= 15 is 0 Å². The van der Waals surface area contributed by atoms with E-state index in [1.807, 2.05) is 19.9 Å². The van der Waals surface area contributed by atoms with Gasteiger partial charge >= 0.3 is 0 Å². The Bertz CT molecular complexity index is 531. The van der Waals surface area contributed by atoms with Gasteiger partial charge in [0.2, 0.25) is 5.91 Å². The molecule has 0 aromatic carbocycles. The fourth-order valence-corrected chi connectivity index (χ4v) is 3.11. The summed E-state index contributed by atoms with van der Waals surface area (Å²) in [4.78, 5) is 26.0. The van der Waals surface area contributed by atoms with E-state index in [-0.39, 0.29) is 18.2 Å². The highest BCUT2D eigenvalue weighted by Crippen LogP contribution is 2.22. The minimum absolute atomic E-state index is 0.0582. The van der Waals surface area contributed by atoms with Gasteiger partial charge in [-0.1, -0.05) is 13.3 Å². The molecule has 0 N–H and O–H groups in total. The zero-order valence-corrected chi connectivity index (χ0v) is 12.9. The molecule has 1 aromatic rings. The van der Waals surface area contributed by atoms with Crippen LogP contribution in [0.3, 0.4) is 0 Å². The maximum Gasteiger partial charge on any atom is 0.223 e. The van der Waals surface area contributed by atoms with Crippen molar-refractivity contribution in [3.05, 3.63) is 23.0 Å². The number of hydrogen-bond acceptors (Lipinski definition) is 2. The largest absolute Gasteiger partial charge is 0.349 e. The number of carbonyl (C=O) groups is 2. The number of Topliss-reactive ketones (excluding diaryl/α,β-unsaturated/α-hetero) is 1. The topological polar surface area (TPSA) is 42.3 Å². The van der Waals surface area contributed by atoms with Crippen LogP contribution in [0.1, 0.15) is 48.4 Å². The highest BCUT2D eigenvalue weighted by Gasteiger charge is 2.30. The summed E-state index contributed by atoms with van der Waals surface area (Å²) in [6.45, 7) is 9.98. The molecule has 1 amide bonds. The predicted molar refractivity (Wildman–Crippen MR) is 78.9 cm³/mol. The molecule has 0 aliphatic carbocycles. The fraction of sp³-hybridized carbons (Fsp3) is 0.625. The summed E-state index contributed by atoms with van der Waals surface area (Å²) < 4.78 is 2.13. The van der Waals surface area contributed by atoms with Crippen molar-refractivity contribution in [1.29, 1.82) is 0 Å². The highest BCUT2D eigenvalue weighted by atomic mass is 16.2. The Morgan fingerprint density at radius 2 is 2.05 bits per heavy atom. The SMILES string of the molecule is CCC1CC(=O)N(CC(=O)c2cc(C)n(CC)c2C)C1. The van der Waals surface area contributed by atoms with E-state index in [4.69, 9.17) is 0 Å². The zero-order chi connectivity index (χ0) is 14.9. The maximum absolute atomic E-state index is 12.4. The van der Waals surface area contributed by atoms with E-state index in [2.05, 4.69) is 18.4 Å². The molecule has 1 unspecified atom stereocenters. The third-order valence-corrected chi connectivity index (χ3v) is 4.40. The standard InChI is InChI=1S/C16H24N2O2/c1-5-13-8-16(20)17(9-13)10-15(19)14-7-11(3)18(6-2)12(14)4/h7,13H,5-6,8-10H2,1-4H3. The normalized spacial score (nSPS) is 18.9. The average Bonchev–Trinajstić information content (AvgIpc) is 2.90. The van der Waals surface area contributed by atoms with E-state index in [1.165, 1.54) is 0 Å². The summed E-state index contributed by atoms with van der Waals surface area (Å²) in [5, 5.41) is 0. The molecule has 0 bridgehead atoms. The molecule has 1 fully saturated rings. The first-order chi connectivity index (χ1) is 9.47. The molecule has 2 heterocycles. The number of carbonyl (C=O) groups excluding carboxylic acids is 2. The van der Waals surface area contributed by atoms with Crippen molar-refractivity contribution in [2.45, 2.75) is 47.1 Å². The Kier molecular flexibility index (Phi) is 4.31. The molecule has 0 spiro atoms. The predicted octanol–water partition coefficient (Wildman–Crippen LogP) is 2.57. The Morgan fingerprint density at radius 1 is 1.35 bits per heavy atom. The molecule has 20 heavy (non-hydrogen) atoms. The van der Waals surface area contributed by atoms with Crippen LogP contribution < -0.4 is 0 Å². The number of ketones is 1. The van der Waals surface area contributed by atoms with Crippen molar-refractivity contribution in [2.75, 3.05) is 13.1 Å². The third kappa shape index (κ3) is 2.65. The van der Waals surface area contributed by atoms with Crippen LogP contribution in [-0.4, -0.2) is 34.2 Å². The number of amides is 1. The summed E-state index contributed by atoms with van der Waals surface area (Å²) >= 11 is 0. The van der Waals surface area contributed by atoms with Gasteiger partial charge in [0.15, 0.2) is 5.78 Å². The molecule has 110 valence electrons. The number of aromatic nitrogens is 1. The smallest absolute Gasteiger partial charge is 0.223 e. The lowest BCUT2D eigenvalue weighted by Gasteiger charge is -2.15. The zero-order valence-electron chi connectivity index (χ0n) is 12.9. The first kappa shape index (κ1) is 14.8. The van der Waals surface area contributed by atoms with E-state index in [0.717, 1.165) is 36.5 Å². The summed E-state index contributed by atoms with van der Waals surface area (Å²) in [5.41, 5.74) is 2.87. The van der Waals surface area contributed by atoms with Crippen LogP contribution in [0.15, 0.2) is 6.07 Å². The van der Waals surface area contributed by atoms with E-state index in [9.17, 15) is 9.59 Å². The van der Waals surface area contributed by atoms with E-state index in [0.29, 0.717) is 12.3 Å². The molecule has 2 rings (SSSR count). The number of aryl methyl sites for hydroxylation is 1. The van der Waals surface area contributed by atoms with Crippen LogP contribution in [0, 0.1) is 19.8 Å². The number of likely N-dealkylation sites (tertiary alicyclic amines) is 1. The number of nitrogens with zero attached hydrogens (tertiary/aromatic N) is 2. The second kappa shape index (κ2) is 5.81. The number of hydrogen-bond donors (Lipinski definition) is 0. The molecule has 0 saturated carbocycles. The van der Waals surface area contributed by atoms with Crippen molar-refractivity contribution in [1.82, 2.24) is 9.47 Å². The van der Waals surface area contributed by atoms with Gasteiger partial charge in [-0.05, 0) is 32.8 Å². The Hall–Kier alpha value is -1.58. The first-order valence-electron chi connectivity index (χ1n) is 7.45. The van der Waals surface area contributed by atoms with Crippen molar-refractivity contribution in [3.63, 3.8) is 0 Å². The minimum Gasteiger partial charge on any atom is -0.349 e. The Morgan fingerprint density at radius 3 is 2.55 bits per heavy atom. The Balaban J connectivity index is 2.11. The van der Waals surface area contributed by atoms with Crippen molar-refractivity contribution in [3.8, 4) is 0 Å². The van der Waals surface area contributed by atoms with Crippen LogP contribution in [0.5, 0.6) is 0 Å². The lowest BCUT2D eigenvalue weighted by Crippen LogP contribution is -2.31. The summed E-state index contributed by atoms with van der Waals surface area (Å²) in [6, 6.07) is 1.94. The molecule has 4 nitrogen and oxygen atoms in total.